The number of hydrogen-bond donors (Lipinski definition) is 0. The minimum atomic E-state index is -0.380. The molecular weight excluding hydrogens is 310 g/mol. The fourth-order valence-electron chi connectivity index (χ4n) is 2.07. The van der Waals surface area contributed by atoms with Gasteiger partial charge in [-0.15, -0.1) is 11.3 Å². The molecule has 0 amide bonds. The van der Waals surface area contributed by atoms with E-state index in [0.717, 1.165) is 10.9 Å². The minimum absolute atomic E-state index is 0.197. The van der Waals surface area contributed by atoms with Crippen LogP contribution in [0.4, 0.5) is 0 Å². The molecule has 5 heteroatoms. The Kier molecular flexibility index (Phi) is 5.01. The molecule has 0 unspecified atom stereocenters. The van der Waals surface area contributed by atoms with Gasteiger partial charge in [0.15, 0.2) is 0 Å². The molecule has 3 rings (SSSR count). The van der Waals surface area contributed by atoms with Gasteiger partial charge in [-0.1, -0.05) is 18.2 Å². The molecule has 0 spiro atoms. The summed E-state index contributed by atoms with van der Waals surface area (Å²) < 4.78 is 11.7. The van der Waals surface area contributed by atoms with Crippen LogP contribution >= 0.6 is 11.3 Å². The number of carbonyl (C=O) groups is 1. The van der Waals surface area contributed by atoms with Crippen molar-refractivity contribution in [3.8, 4) is 5.75 Å². The van der Waals surface area contributed by atoms with Gasteiger partial charge in [0.25, 0.3) is 0 Å². The van der Waals surface area contributed by atoms with Gasteiger partial charge in [0.05, 0.1) is 6.20 Å². The third-order valence-electron chi connectivity index (χ3n) is 3.14. The molecule has 0 bridgehead atoms. The number of esters is 1. The summed E-state index contributed by atoms with van der Waals surface area (Å²) in [4.78, 5) is 15.7. The number of benzene rings is 1. The average molecular weight is 325 g/mol. The van der Waals surface area contributed by atoms with Gasteiger partial charge in [0.1, 0.15) is 19.0 Å². The summed E-state index contributed by atoms with van der Waals surface area (Å²) in [6.45, 7) is 0.495. The smallest absolute Gasteiger partial charge is 0.330 e. The molecule has 23 heavy (non-hydrogen) atoms. The van der Waals surface area contributed by atoms with Gasteiger partial charge in [-0.2, -0.15) is 0 Å². The summed E-state index contributed by atoms with van der Waals surface area (Å²) in [6, 6.07) is 11.7. The molecule has 0 saturated heterocycles. The molecule has 0 N–H and O–H groups in total. The van der Waals surface area contributed by atoms with Gasteiger partial charge in [0, 0.05) is 17.0 Å². The third-order valence-corrected chi connectivity index (χ3v) is 4.12. The molecule has 0 saturated carbocycles. The molecule has 3 aromatic rings. The van der Waals surface area contributed by atoms with Gasteiger partial charge in [-0.25, -0.2) is 4.79 Å². The van der Waals surface area contributed by atoms with Crippen LogP contribution < -0.4 is 4.74 Å². The third kappa shape index (κ3) is 4.17. The lowest BCUT2D eigenvalue weighted by atomic mass is 10.2. The molecule has 0 aliphatic rings. The van der Waals surface area contributed by atoms with Crippen LogP contribution in [0.15, 0.2) is 60.2 Å². The first kappa shape index (κ1) is 15.2. The normalized spacial score (nSPS) is 11.0. The summed E-state index contributed by atoms with van der Waals surface area (Å²) >= 11 is 1.66. The van der Waals surface area contributed by atoms with E-state index in [1.54, 1.807) is 41.9 Å². The Morgan fingerprint density at radius 1 is 1.17 bits per heavy atom. The summed E-state index contributed by atoms with van der Waals surface area (Å²) in [5, 5.41) is 3.17. The molecule has 116 valence electrons. The lowest BCUT2D eigenvalue weighted by Crippen LogP contribution is -2.10. The Bertz CT molecular complexity index is 811. The quantitative estimate of drug-likeness (QED) is 0.391. The second-order valence-corrected chi connectivity index (χ2v) is 5.64. The molecule has 0 radical (unpaired) electrons. The lowest BCUT2D eigenvalue weighted by molar-refractivity contribution is -0.138. The van der Waals surface area contributed by atoms with Crippen molar-refractivity contribution in [2.75, 3.05) is 13.2 Å². The summed E-state index contributed by atoms with van der Waals surface area (Å²) in [6.07, 6.45) is 6.51. The molecule has 0 atom stereocenters. The molecule has 2 aromatic heterocycles. The van der Waals surface area contributed by atoms with Crippen LogP contribution in [0.1, 0.15) is 5.56 Å². The summed E-state index contributed by atoms with van der Waals surface area (Å²) in [5.74, 6) is 0.277. The number of carbonyl (C=O) groups excluding carboxylic acids is 1. The topological polar surface area (TPSA) is 48.4 Å². The predicted octanol–water partition coefficient (Wildman–Crippen LogP) is 3.93. The molecule has 1 aromatic carbocycles. The predicted molar refractivity (Wildman–Crippen MR) is 91.6 cm³/mol. The van der Waals surface area contributed by atoms with Crippen molar-refractivity contribution >= 4 is 33.5 Å². The van der Waals surface area contributed by atoms with Gasteiger partial charge < -0.3 is 9.47 Å². The molecule has 0 aliphatic carbocycles. The van der Waals surface area contributed by atoms with Crippen molar-refractivity contribution in [1.82, 2.24) is 4.98 Å². The first-order chi connectivity index (χ1) is 11.3. The highest BCUT2D eigenvalue weighted by molar-refractivity contribution is 7.17. The van der Waals surface area contributed by atoms with Crippen molar-refractivity contribution < 1.29 is 14.3 Å². The second-order valence-electron chi connectivity index (χ2n) is 4.73. The zero-order chi connectivity index (χ0) is 15.9. The first-order valence-corrected chi connectivity index (χ1v) is 8.05. The zero-order valence-corrected chi connectivity index (χ0v) is 13.2. The van der Waals surface area contributed by atoms with Crippen LogP contribution in [0, 0.1) is 0 Å². The van der Waals surface area contributed by atoms with E-state index in [2.05, 4.69) is 11.1 Å². The van der Waals surface area contributed by atoms with Crippen LogP contribution in [-0.4, -0.2) is 24.2 Å². The SMILES string of the molecule is O=C(/C=C/c1csc2ccccc12)OCCOc1cccnc1. The zero-order valence-electron chi connectivity index (χ0n) is 12.3. The van der Waals surface area contributed by atoms with Gasteiger partial charge >= 0.3 is 5.97 Å². The number of hydrogen-bond acceptors (Lipinski definition) is 5. The van der Waals surface area contributed by atoms with Gasteiger partial charge in [-0.3, -0.25) is 4.98 Å². The highest BCUT2D eigenvalue weighted by Gasteiger charge is 2.02. The molecule has 2 heterocycles. The Morgan fingerprint density at radius 3 is 2.96 bits per heavy atom. The number of thiophene rings is 1. The number of pyridine rings is 1. The molecular formula is C18H15NO3S. The lowest BCUT2D eigenvalue weighted by Gasteiger charge is -2.05. The van der Waals surface area contributed by atoms with E-state index in [-0.39, 0.29) is 12.6 Å². The van der Waals surface area contributed by atoms with Crippen molar-refractivity contribution in [1.29, 1.82) is 0 Å². The summed E-state index contributed by atoms with van der Waals surface area (Å²) in [5.41, 5.74) is 1.02. The Morgan fingerprint density at radius 2 is 2.09 bits per heavy atom. The van der Waals surface area contributed by atoms with Crippen LogP contribution in [0.3, 0.4) is 0 Å². The van der Waals surface area contributed by atoms with Crippen LogP contribution in [0.5, 0.6) is 5.75 Å². The van der Waals surface area contributed by atoms with Crippen molar-refractivity contribution in [3.63, 3.8) is 0 Å². The van der Waals surface area contributed by atoms with Crippen molar-refractivity contribution in [2.45, 2.75) is 0 Å². The average Bonchev–Trinajstić information content (AvgIpc) is 3.01. The van der Waals surface area contributed by atoms with Gasteiger partial charge in [0.2, 0.25) is 0 Å². The fraction of sp³-hybridized carbons (Fsp3) is 0.111. The van der Waals surface area contributed by atoms with E-state index in [1.807, 2.05) is 23.6 Å². The second kappa shape index (κ2) is 7.56. The monoisotopic (exact) mass is 325 g/mol. The Hall–Kier alpha value is -2.66. The van der Waals surface area contributed by atoms with E-state index < -0.39 is 0 Å². The number of fused-ring (bicyclic) bond motifs is 1. The maximum atomic E-state index is 11.7. The standard InChI is InChI=1S/C18H15NO3S/c20-18(22-11-10-21-15-4-3-9-19-12-15)8-7-14-13-23-17-6-2-1-5-16(14)17/h1-9,12-13H,10-11H2/b8-7+. The van der Waals surface area contributed by atoms with Crippen molar-refractivity contribution in [3.05, 3.63) is 65.8 Å². The largest absolute Gasteiger partial charge is 0.488 e. The van der Waals surface area contributed by atoms with E-state index in [0.29, 0.717) is 12.4 Å². The molecule has 4 nitrogen and oxygen atoms in total. The number of ether oxygens (including phenoxy) is 2. The highest BCUT2D eigenvalue weighted by atomic mass is 32.1. The van der Waals surface area contributed by atoms with E-state index in [4.69, 9.17) is 9.47 Å². The maximum Gasteiger partial charge on any atom is 0.330 e. The highest BCUT2D eigenvalue weighted by Crippen LogP contribution is 2.26. The summed E-state index contributed by atoms with van der Waals surface area (Å²) in [7, 11) is 0. The van der Waals surface area contributed by atoms with E-state index in [1.165, 1.54) is 10.8 Å². The Labute approximate surface area is 138 Å². The maximum absolute atomic E-state index is 11.7. The minimum Gasteiger partial charge on any atom is -0.488 e. The number of nitrogens with zero attached hydrogens (tertiary/aromatic N) is 1. The molecule has 0 aliphatic heterocycles. The van der Waals surface area contributed by atoms with E-state index >= 15 is 0 Å². The fourth-order valence-corrected chi connectivity index (χ4v) is 3.00. The molecule has 0 fully saturated rings. The number of aromatic nitrogens is 1. The van der Waals surface area contributed by atoms with Gasteiger partial charge in [-0.05, 0) is 40.6 Å². The van der Waals surface area contributed by atoms with E-state index in [9.17, 15) is 4.79 Å². The first-order valence-electron chi connectivity index (χ1n) is 7.17. The number of rotatable bonds is 6. The van der Waals surface area contributed by atoms with Crippen molar-refractivity contribution in [2.24, 2.45) is 0 Å². The van der Waals surface area contributed by atoms with Crippen LogP contribution in [-0.2, 0) is 9.53 Å². The Balaban J connectivity index is 1.47. The van der Waals surface area contributed by atoms with Crippen LogP contribution in [0.2, 0.25) is 0 Å². The van der Waals surface area contributed by atoms with Crippen LogP contribution in [0.25, 0.3) is 16.2 Å².